The Bertz CT molecular complexity index is 62.4. The van der Waals surface area contributed by atoms with E-state index in [2.05, 4.69) is 41.5 Å². The summed E-state index contributed by atoms with van der Waals surface area (Å²) in [5.41, 5.74) is 0.592. The molecule has 0 aromatic carbocycles. The molecule has 70 valence electrons. The summed E-state index contributed by atoms with van der Waals surface area (Å²) >= 11 is 0. The quantitative estimate of drug-likeness (QED) is 0.561. The Morgan fingerprint density at radius 1 is 0.909 bits per heavy atom. The van der Waals surface area contributed by atoms with Gasteiger partial charge in [0.2, 0.25) is 0 Å². The van der Waals surface area contributed by atoms with Crippen molar-refractivity contribution in [1.82, 2.24) is 0 Å². The third kappa shape index (κ3) is 13.1. The van der Waals surface area contributed by atoms with E-state index in [4.69, 9.17) is 0 Å². The van der Waals surface area contributed by atoms with E-state index >= 15 is 0 Å². The highest BCUT2D eigenvalue weighted by Gasteiger charge is 2.11. The van der Waals surface area contributed by atoms with Crippen molar-refractivity contribution in [2.24, 2.45) is 5.41 Å². The molecule has 11 heavy (non-hydrogen) atoms. The minimum Gasteiger partial charge on any atom is -0.0656 e. The van der Waals surface area contributed by atoms with Gasteiger partial charge in [0.05, 0.1) is 0 Å². The zero-order valence-corrected chi connectivity index (χ0v) is 9.33. The monoisotopic (exact) mass is 158 g/mol. The minimum absolute atomic E-state index is 0.592. The van der Waals surface area contributed by atoms with Crippen LogP contribution in [0.1, 0.15) is 67.2 Å². The van der Waals surface area contributed by atoms with Crippen molar-refractivity contribution in [1.29, 1.82) is 0 Å². The smallest absolute Gasteiger partial charge is 0.0357 e. The molecule has 0 unspecified atom stereocenters. The Kier molecular flexibility index (Phi) is 10.0. The molecule has 0 rings (SSSR count). The Morgan fingerprint density at radius 3 is 1.36 bits per heavy atom. The van der Waals surface area contributed by atoms with Crippen LogP contribution in [0, 0.1) is 5.41 Å². The van der Waals surface area contributed by atoms with Crippen LogP contribution in [0.5, 0.6) is 0 Å². The lowest BCUT2D eigenvalue weighted by Gasteiger charge is -2.20. The van der Waals surface area contributed by atoms with Gasteiger partial charge in [-0.05, 0) is 11.8 Å². The Balaban J connectivity index is 0. The van der Waals surface area contributed by atoms with E-state index in [1.807, 2.05) is 0 Å². The maximum absolute atomic E-state index is 2.33. The fourth-order valence-corrected chi connectivity index (χ4v) is 0.854. The van der Waals surface area contributed by atoms with Crippen molar-refractivity contribution in [3.05, 3.63) is 0 Å². The van der Waals surface area contributed by atoms with Crippen molar-refractivity contribution in [3.8, 4) is 0 Å². The molecule has 0 bridgehead atoms. The van der Waals surface area contributed by atoms with Gasteiger partial charge in [-0.3, -0.25) is 0 Å². The van der Waals surface area contributed by atoms with Crippen LogP contribution in [0.25, 0.3) is 0 Å². The summed E-state index contributed by atoms with van der Waals surface area (Å²) in [6.07, 6.45) is 5.24. The molecule has 0 fully saturated rings. The third-order valence-corrected chi connectivity index (χ3v) is 1.88. The molecule has 0 aromatic heterocycles. The molecule has 0 aliphatic rings. The van der Waals surface area contributed by atoms with Gasteiger partial charge in [-0.15, -0.1) is 0 Å². The van der Waals surface area contributed by atoms with E-state index in [1.54, 1.807) is 0 Å². The lowest BCUT2D eigenvalue weighted by molar-refractivity contribution is 0.319. The molecule has 0 radical (unpaired) electrons. The second-order valence-electron chi connectivity index (χ2n) is 3.97. The molecule has 0 saturated heterocycles. The van der Waals surface area contributed by atoms with Crippen molar-refractivity contribution in [3.63, 3.8) is 0 Å². The maximum atomic E-state index is 2.33. The van der Waals surface area contributed by atoms with Crippen molar-refractivity contribution < 1.29 is 0 Å². The molecule has 0 aromatic rings. The van der Waals surface area contributed by atoms with Crippen molar-refractivity contribution in [2.45, 2.75) is 67.2 Å². The van der Waals surface area contributed by atoms with Gasteiger partial charge in [-0.2, -0.15) is 0 Å². The van der Waals surface area contributed by atoms with Crippen LogP contribution in [0.3, 0.4) is 0 Å². The third-order valence-electron chi connectivity index (χ3n) is 1.88. The summed E-state index contributed by atoms with van der Waals surface area (Å²) in [5.74, 6) is 0. The Morgan fingerprint density at radius 2 is 1.27 bits per heavy atom. The van der Waals surface area contributed by atoms with Crippen molar-refractivity contribution >= 4 is 0 Å². The molecule has 0 heterocycles. The highest BCUT2D eigenvalue weighted by Crippen LogP contribution is 2.25. The molecule has 0 aliphatic carbocycles. The van der Waals surface area contributed by atoms with Gasteiger partial charge in [-0.1, -0.05) is 60.8 Å². The molecular formula is C11H26. The topological polar surface area (TPSA) is 0 Å². The van der Waals surface area contributed by atoms with E-state index in [-0.39, 0.29) is 0 Å². The van der Waals surface area contributed by atoms with Crippen LogP contribution in [0.15, 0.2) is 0 Å². The van der Waals surface area contributed by atoms with E-state index < -0.39 is 0 Å². The first kappa shape index (κ1) is 13.6. The van der Waals surface area contributed by atoms with Crippen LogP contribution in [-0.2, 0) is 0 Å². The van der Waals surface area contributed by atoms with E-state index in [9.17, 15) is 0 Å². The molecule has 0 nitrogen and oxygen atoms in total. The van der Waals surface area contributed by atoms with Gasteiger partial charge >= 0.3 is 0 Å². The molecule has 0 spiro atoms. The van der Waals surface area contributed by atoms with Gasteiger partial charge in [-0.25, -0.2) is 0 Å². The summed E-state index contributed by atoms with van der Waals surface area (Å²) in [6.45, 7) is 13.4. The molecule has 0 aliphatic heterocycles. The zero-order chi connectivity index (χ0) is 9.33. The largest absolute Gasteiger partial charge is 0.0656 e. The minimum atomic E-state index is 0.592. The molecule has 0 saturated carbocycles. The van der Waals surface area contributed by atoms with Crippen LogP contribution in [0.2, 0.25) is 0 Å². The summed E-state index contributed by atoms with van der Waals surface area (Å²) in [7, 11) is 0. The first-order valence-electron chi connectivity index (χ1n) is 5.04. The van der Waals surface area contributed by atoms with E-state index in [0.29, 0.717) is 5.41 Å². The Labute approximate surface area is 73.4 Å². The van der Waals surface area contributed by atoms with Crippen LogP contribution < -0.4 is 0 Å². The molecule has 0 amide bonds. The number of hydrogen-bond acceptors (Lipinski definition) is 0. The summed E-state index contributed by atoms with van der Waals surface area (Å²) in [6, 6.07) is 0. The lowest BCUT2D eigenvalue weighted by Crippen LogP contribution is -2.07. The van der Waals surface area contributed by atoms with Crippen LogP contribution >= 0.6 is 0 Å². The predicted octanol–water partition coefficient (Wildman–Crippen LogP) is 4.64. The van der Waals surface area contributed by atoms with Gasteiger partial charge < -0.3 is 0 Å². The van der Waals surface area contributed by atoms with Gasteiger partial charge in [0.1, 0.15) is 0 Å². The number of rotatable bonds is 3. The Hall–Kier alpha value is 0. The highest BCUT2D eigenvalue weighted by atomic mass is 14.2. The second kappa shape index (κ2) is 8.10. The van der Waals surface area contributed by atoms with E-state index in [1.165, 1.54) is 25.7 Å². The standard InChI is InChI=1S/C8H18.C3H8/c1-5-7-8(3,4)6-2;1-3-2/h5-7H2,1-4H3;3H2,1-2H3. The fraction of sp³-hybridized carbons (Fsp3) is 1.00. The average Bonchev–Trinajstić information content (AvgIpc) is 1.90. The number of hydrogen-bond donors (Lipinski definition) is 0. The maximum Gasteiger partial charge on any atom is -0.0357 e. The highest BCUT2D eigenvalue weighted by molar-refractivity contribution is 4.63. The first-order chi connectivity index (χ1) is 5.04. The molecule has 0 heteroatoms. The summed E-state index contributed by atoms with van der Waals surface area (Å²) in [4.78, 5) is 0. The summed E-state index contributed by atoms with van der Waals surface area (Å²) in [5, 5.41) is 0. The SMILES string of the molecule is CCC.CCCC(C)(C)CC. The predicted molar refractivity (Wildman–Crippen MR) is 54.9 cm³/mol. The molecular weight excluding hydrogens is 132 g/mol. The van der Waals surface area contributed by atoms with Gasteiger partial charge in [0, 0.05) is 0 Å². The fourth-order valence-electron chi connectivity index (χ4n) is 0.854. The zero-order valence-electron chi connectivity index (χ0n) is 9.33. The molecule has 0 atom stereocenters. The van der Waals surface area contributed by atoms with Gasteiger partial charge in [0.15, 0.2) is 0 Å². The average molecular weight is 158 g/mol. The normalized spacial score (nSPS) is 10.4. The molecule has 0 N–H and O–H groups in total. The van der Waals surface area contributed by atoms with Crippen LogP contribution in [-0.4, -0.2) is 0 Å². The second-order valence-corrected chi connectivity index (χ2v) is 3.97. The van der Waals surface area contributed by atoms with E-state index in [0.717, 1.165) is 0 Å². The van der Waals surface area contributed by atoms with Gasteiger partial charge in [0.25, 0.3) is 0 Å². The van der Waals surface area contributed by atoms with Crippen molar-refractivity contribution in [2.75, 3.05) is 0 Å². The summed E-state index contributed by atoms with van der Waals surface area (Å²) < 4.78 is 0. The lowest BCUT2D eigenvalue weighted by atomic mass is 9.86. The first-order valence-corrected chi connectivity index (χ1v) is 5.04. The van der Waals surface area contributed by atoms with Crippen LogP contribution in [0.4, 0.5) is 0 Å².